The van der Waals surface area contributed by atoms with Gasteiger partial charge in [-0.05, 0) is 31.0 Å². The summed E-state index contributed by atoms with van der Waals surface area (Å²) in [5, 5.41) is 3.47. The van der Waals surface area contributed by atoms with Crippen LogP contribution in [-0.2, 0) is 6.54 Å². The lowest BCUT2D eigenvalue weighted by Crippen LogP contribution is -2.34. The largest absolute Gasteiger partial charge is 0.372 e. The lowest BCUT2D eigenvalue weighted by atomic mass is 10.1. The number of hydrogen-bond acceptors (Lipinski definition) is 3. The van der Waals surface area contributed by atoms with E-state index in [2.05, 4.69) is 34.5 Å². The second kappa shape index (κ2) is 6.62. The van der Waals surface area contributed by atoms with E-state index in [1.54, 1.807) is 0 Å². The van der Waals surface area contributed by atoms with Crippen LogP contribution in [0.4, 0.5) is 5.69 Å². The summed E-state index contributed by atoms with van der Waals surface area (Å²) in [6.45, 7) is 4.08. The van der Waals surface area contributed by atoms with Gasteiger partial charge in [-0.2, -0.15) is 0 Å². The minimum atomic E-state index is 0.832. The van der Waals surface area contributed by atoms with Crippen molar-refractivity contribution in [3.63, 3.8) is 0 Å². The highest BCUT2D eigenvalue weighted by Crippen LogP contribution is 2.21. The predicted octanol–water partition coefficient (Wildman–Crippen LogP) is 2.39. The second-order valence-corrected chi connectivity index (χ2v) is 4.75. The molecule has 94 valence electrons. The molecule has 1 heterocycles. The Morgan fingerprint density at radius 2 is 1.94 bits per heavy atom. The summed E-state index contributed by atoms with van der Waals surface area (Å²) in [5.41, 5.74) is 8.20. The smallest absolute Gasteiger partial charge is 0.0681 e. The zero-order valence-corrected chi connectivity index (χ0v) is 10.5. The van der Waals surface area contributed by atoms with E-state index in [0.29, 0.717) is 0 Å². The number of para-hydroxylation sites is 1. The number of nitrogens with one attached hydrogen (secondary N) is 1. The summed E-state index contributed by atoms with van der Waals surface area (Å²) >= 11 is 0. The Kier molecular flexibility index (Phi) is 4.83. The van der Waals surface area contributed by atoms with Gasteiger partial charge in [0, 0.05) is 18.8 Å². The Morgan fingerprint density at radius 3 is 2.82 bits per heavy atom. The van der Waals surface area contributed by atoms with E-state index in [0.717, 1.165) is 19.8 Å². The van der Waals surface area contributed by atoms with Crippen LogP contribution in [0, 0.1) is 0 Å². The molecule has 0 atom stereocenters. The van der Waals surface area contributed by atoms with Crippen molar-refractivity contribution in [3.05, 3.63) is 29.8 Å². The van der Waals surface area contributed by atoms with Gasteiger partial charge in [-0.15, -0.1) is 0 Å². The molecule has 0 spiro atoms. The molecule has 3 heteroatoms. The van der Waals surface area contributed by atoms with Crippen molar-refractivity contribution in [2.24, 2.45) is 5.73 Å². The molecule has 0 saturated carbocycles. The fourth-order valence-electron chi connectivity index (χ4n) is 2.32. The van der Waals surface area contributed by atoms with E-state index in [1.165, 1.54) is 43.5 Å². The first-order valence-corrected chi connectivity index (χ1v) is 6.64. The van der Waals surface area contributed by atoms with Gasteiger partial charge in [0.1, 0.15) is 0 Å². The van der Waals surface area contributed by atoms with Crippen molar-refractivity contribution < 1.29 is 0 Å². The van der Waals surface area contributed by atoms with Crippen LogP contribution < -0.4 is 11.1 Å². The minimum Gasteiger partial charge on any atom is -0.372 e. The molecule has 0 fully saturated rings. The predicted molar refractivity (Wildman–Crippen MR) is 72.9 cm³/mol. The normalized spacial score (nSPS) is 15.4. The van der Waals surface area contributed by atoms with E-state index < -0.39 is 0 Å². The van der Waals surface area contributed by atoms with Gasteiger partial charge in [0.15, 0.2) is 0 Å². The number of fused-ring (bicyclic) bond motifs is 1. The zero-order chi connectivity index (χ0) is 11.9. The van der Waals surface area contributed by atoms with E-state index in [-0.39, 0.29) is 0 Å². The van der Waals surface area contributed by atoms with Gasteiger partial charge in [-0.1, -0.05) is 31.0 Å². The van der Waals surface area contributed by atoms with Crippen molar-refractivity contribution in [1.82, 2.24) is 4.90 Å². The average Bonchev–Trinajstić information content (AvgIpc) is 2.38. The minimum absolute atomic E-state index is 0.832. The summed E-state index contributed by atoms with van der Waals surface area (Å²) < 4.78 is 0. The van der Waals surface area contributed by atoms with Gasteiger partial charge in [-0.3, -0.25) is 4.90 Å². The molecule has 3 nitrogen and oxygen atoms in total. The van der Waals surface area contributed by atoms with Crippen LogP contribution in [0.15, 0.2) is 24.3 Å². The van der Waals surface area contributed by atoms with Crippen molar-refractivity contribution in [2.45, 2.75) is 32.2 Å². The Hall–Kier alpha value is -1.06. The summed E-state index contributed by atoms with van der Waals surface area (Å²) in [6.07, 6.45) is 5.02. The maximum absolute atomic E-state index is 5.49. The van der Waals surface area contributed by atoms with Gasteiger partial charge in [-0.25, -0.2) is 0 Å². The quantitative estimate of drug-likeness (QED) is 0.741. The highest BCUT2D eigenvalue weighted by Gasteiger charge is 2.13. The van der Waals surface area contributed by atoms with Crippen LogP contribution in [0.5, 0.6) is 0 Å². The molecule has 0 saturated heterocycles. The molecule has 2 rings (SSSR count). The standard InChI is InChI=1S/C14H23N3/c15-9-5-1-2-6-10-17-11-13-7-3-4-8-14(13)16-12-17/h3-4,7-8,16H,1-2,5-6,9-12,15H2. The third-order valence-electron chi connectivity index (χ3n) is 3.33. The molecular weight excluding hydrogens is 210 g/mol. The van der Waals surface area contributed by atoms with Crippen molar-refractivity contribution >= 4 is 5.69 Å². The molecule has 0 amide bonds. The van der Waals surface area contributed by atoms with Gasteiger partial charge >= 0.3 is 0 Å². The average molecular weight is 233 g/mol. The highest BCUT2D eigenvalue weighted by molar-refractivity contribution is 5.52. The van der Waals surface area contributed by atoms with Crippen LogP contribution in [-0.4, -0.2) is 24.7 Å². The Labute approximate surface area is 104 Å². The molecule has 17 heavy (non-hydrogen) atoms. The lowest BCUT2D eigenvalue weighted by molar-refractivity contribution is 0.269. The summed E-state index contributed by atoms with van der Waals surface area (Å²) in [7, 11) is 0. The molecule has 1 aromatic rings. The third-order valence-corrected chi connectivity index (χ3v) is 3.33. The van der Waals surface area contributed by atoms with Crippen molar-refractivity contribution in [2.75, 3.05) is 25.1 Å². The van der Waals surface area contributed by atoms with E-state index in [1.807, 2.05) is 0 Å². The first-order valence-electron chi connectivity index (χ1n) is 6.64. The Balaban J connectivity index is 1.71. The molecule has 0 aromatic heterocycles. The molecular formula is C14H23N3. The fraction of sp³-hybridized carbons (Fsp3) is 0.571. The molecule has 1 aromatic carbocycles. The molecule has 0 bridgehead atoms. The number of rotatable bonds is 6. The van der Waals surface area contributed by atoms with E-state index in [4.69, 9.17) is 5.73 Å². The number of unbranched alkanes of at least 4 members (excludes halogenated alkanes) is 3. The van der Waals surface area contributed by atoms with Crippen LogP contribution in [0.3, 0.4) is 0 Å². The van der Waals surface area contributed by atoms with Crippen LogP contribution in [0.25, 0.3) is 0 Å². The molecule has 0 aliphatic carbocycles. The second-order valence-electron chi connectivity index (χ2n) is 4.75. The SMILES string of the molecule is NCCCCCCN1CNc2ccccc2C1. The zero-order valence-electron chi connectivity index (χ0n) is 10.5. The maximum atomic E-state index is 5.49. The van der Waals surface area contributed by atoms with Gasteiger partial charge in [0.25, 0.3) is 0 Å². The van der Waals surface area contributed by atoms with Gasteiger partial charge < -0.3 is 11.1 Å². The Bertz CT molecular complexity index is 338. The molecule has 1 aliphatic rings. The maximum Gasteiger partial charge on any atom is 0.0681 e. The first-order chi connectivity index (χ1) is 8.40. The fourth-order valence-corrected chi connectivity index (χ4v) is 2.32. The summed E-state index contributed by atoms with van der Waals surface area (Å²) in [4.78, 5) is 2.48. The van der Waals surface area contributed by atoms with Crippen LogP contribution in [0.2, 0.25) is 0 Å². The molecule has 0 radical (unpaired) electrons. The first kappa shape index (κ1) is 12.4. The van der Waals surface area contributed by atoms with Gasteiger partial charge in [0.2, 0.25) is 0 Å². The molecule has 1 aliphatic heterocycles. The number of hydrogen-bond donors (Lipinski definition) is 2. The molecule has 3 N–H and O–H groups in total. The van der Waals surface area contributed by atoms with Crippen LogP contribution >= 0.6 is 0 Å². The van der Waals surface area contributed by atoms with E-state index >= 15 is 0 Å². The number of anilines is 1. The van der Waals surface area contributed by atoms with Crippen molar-refractivity contribution in [3.8, 4) is 0 Å². The summed E-state index contributed by atoms with van der Waals surface area (Å²) in [5.74, 6) is 0. The number of benzene rings is 1. The van der Waals surface area contributed by atoms with Gasteiger partial charge in [0.05, 0.1) is 6.67 Å². The Morgan fingerprint density at radius 1 is 1.12 bits per heavy atom. The third kappa shape index (κ3) is 3.72. The number of nitrogens with zero attached hydrogens (tertiary/aromatic N) is 1. The van der Waals surface area contributed by atoms with Crippen molar-refractivity contribution in [1.29, 1.82) is 0 Å². The molecule has 0 unspecified atom stereocenters. The number of nitrogens with two attached hydrogens (primary N) is 1. The monoisotopic (exact) mass is 233 g/mol. The highest BCUT2D eigenvalue weighted by atomic mass is 15.2. The topological polar surface area (TPSA) is 41.3 Å². The lowest BCUT2D eigenvalue weighted by Gasteiger charge is -2.29. The van der Waals surface area contributed by atoms with E-state index in [9.17, 15) is 0 Å². The summed E-state index contributed by atoms with van der Waals surface area (Å²) in [6, 6.07) is 8.58. The van der Waals surface area contributed by atoms with Crippen LogP contribution in [0.1, 0.15) is 31.2 Å².